The summed E-state index contributed by atoms with van der Waals surface area (Å²) in [6, 6.07) is 4.58. The van der Waals surface area contributed by atoms with Crippen molar-refractivity contribution in [2.75, 3.05) is 0 Å². The number of aliphatic hydroxyl groups excluding tert-OH is 1. The third kappa shape index (κ3) is 1.70. The van der Waals surface area contributed by atoms with E-state index >= 15 is 0 Å². The van der Waals surface area contributed by atoms with Gasteiger partial charge in [0.15, 0.2) is 0 Å². The maximum absolute atomic E-state index is 12.8. The molecule has 0 aliphatic carbocycles. The molecule has 0 saturated heterocycles. The average molecular weight is 175 g/mol. The van der Waals surface area contributed by atoms with Crippen LogP contribution >= 0.6 is 11.6 Å². The molecule has 0 amide bonds. The molecular formula is C8H8ClFO. The minimum absolute atomic E-state index is 0.230. The number of alkyl halides is 1. The van der Waals surface area contributed by atoms with Gasteiger partial charge in [0.25, 0.3) is 0 Å². The molecule has 60 valence electrons. The molecule has 1 N–H and O–H groups in total. The highest BCUT2D eigenvalue weighted by Crippen LogP contribution is 2.15. The van der Waals surface area contributed by atoms with Crippen LogP contribution < -0.4 is 0 Å². The first-order valence-corrected chi connectivity index (χ1v) is 3.76. The van der Waals surface area contributed by atoms with Gasteiger partial charge in [-0.3, -0.25) is 0 Å². The summed E-state index contributed by atoms with van der Waals surface area (Å²) in [7, 11) is 0. The van der Waals surface area contributed by atoms with E-state index in [1.807, 2.05) is 0 Å². The second-order valence-electron chi connectivity index (χ2n) is 2.17. The number of rotatable bonds is 2. The van der Waals surface area contributed by atoms with Crippen molar-refractivity contribution in [3.05, 3.63) is 35.1 Å². The first-order chi connectivity index (χ1) is 5.29. The van der Waals surface area contributed by atoms with Crippen molar-refractivity contribution < 1.29 is 9.50 Å². The fraction of sp³-hybridized carbons (Fsp3) is 0.250. The summed E-state index contributed by atoms with van der Waals surface area (Å²) >= 11 is 5.51. The van der Waals surface area contributed by atoms with Crippen LogP contribution in [0.15, 0.2) is 18.2 Å². The van der Waals surface area contributed by atoms with Gasteiger partial charge in [-0.25, -0.2) is 4.39 Å². The maximum atomic E-state index is 12.8. The van der Waals surface area contributed by atoms with Gasteiger partial charge in [0, 0.05) is 11.4 Å². The van der Waals surface area contributed by atoms with E-state index in [1.54, 1.807) is 12.1 Å². The number of hydrogen-bond acceptors (Lipinski definition) is 1. The van der Waals surface area contributed by atoms with E-state index in [0.717, 1.165) is 0 Å². The Labute approximate surface area is 69.4 Å². The zero-order chi connectivity index (χ0) is 8.27. The number of aliphatic hydroxyl groups is 1. The van der Waals surface area contributed by atoms with E-state index in [0.29, 0.717) is 11.1 Å². The quantitative estimate of drug-likeness (QED) is 0.681. The van der Waals surface area contributed by atoms with Crippen LogP contribution in [-0.2, 0) is 12.5 Å². The van der Waals surface area contributed by atoms with E-state index in [9.17, 15) is 4.39 Å². The van der Waals surface area contributed by atoms with Crippen LogP contribution in [0.1, 0.15) is 11.1 Å². The molecule has 3 heteroatoms. The van der Waals surface area contributed by atoms with E-state index in [4.69, 9.17) is 16.7 Å². The van der Waals surface area contributed by atoms with E-state index in [-0.39, 0.29) is 12.5 Å². The third-order valence-corrected chi connectivity index (χ3v) is 1.81. The van der Waals surface area contributed by atoms with Gasteiger partial charge >= 0.3 is 0 Å². The molecule has 1 rings (SSSR count). The van der Waals surface area contributed by atoms with E-state index < -0.39 is 5.82 Å². The largest absolute Gasteiger partial charge is 0.392 e. The third-order valence-electron chi connectivity index (χ3n) is 1.52. The minimum atomic E-state index is -0.398. The lowest BCUT2D eigenvalue weighted by molar-refractivity contribution is 0.274. The topological polar surface area (TPSA) is 20.2 Å². The number of benzene rings is 1. The zero-order valence-electron chi connectivity index (χ0n) is 5.85. The van der Waals surface area contributed by atoms with Crippen molar-refractivity contribution in [1.29, 1.82) is 0 Å². The Morgan fingerprint density at radius 1 is 1.45 bits per heavy atom. The summed E-state index contributed by atoms with van der Waals surface area (Å²) in [5.41, 5.74) is 0.941. The lowest BCUT2D eigenvalue weighted by Crippen LogP contribution is -1.95. The predicted molar refractivity (Wildman–Crippen MR) is 41.9 cm³/mol. The summed E-state index contributed by atoms with van der Waals surface area (Å²) < 4.78 is 12.8. The average Bonchev–Trinajstić information content (AvgIpc) is 2.04. The Morgan fingerprint density at radius 3 is 2.64 bits per heavy atom. The van der Waals surface area contributed by atoms with Crippen molar-refractivity contribution in [2.24, 2.45) is 0 Å². The highest BCUT2D eigenvalue weighted by molar-refractivity contribution is 6.17. The molecule has 1 aromatic rings. The molecule has 0 aromatic heterocycles. The standard InChI is InChI=1S/C8H8ClFO/c9-4-6-2-1-3-8(10)7(6)5-11/h1-3,11H,4-5H2. The molecule has 1 aromatic carbocycles. The van der Waals surface area contributed by atoms with Crippen molar-refractivity contribution in [1.82, 2.24) is 0 Å². The molecule has 11 heavy (non-hydrogen) atoms. The Kier molecular flexibility index (Phi) is 2.85. The Morgan fingerprint density at radius 2 is 2.18 bits per heavy atom. The van der Waals surface area contributed by atoms with Crippen molar-refractivity contribution in [2.45, 2.75) is 12.5 Å². The normalized spacial score (nSPS) is 10.1. The van der Waals surface area contributed by atoms with Gasteiger partial charge in [-0.05, 0) is 11.6 Å². The smallest absolute Gasteiger partial charge is 0.129 e. The first kappa shape index (κ1) is 8.50. The Hall–Kier alpha value is -0.600. The van der Waals surface area contributed by atoms with Gasteiger partial charge in [-0.2, -0.15) is 0 Å². The molecule has 0 spiro atoms. The molecule has 0 radical (unpaired) electrons. The van der Waals surface area contributed by atoms with Crippen LogP contribution in [0.3, 0.4) is 0 Å². The molecule has 0 heterocycles. The fourth-order valence-electron chi connectivity index (χ4n) is 0.906. The molecule has 0 atom stereocenters. The Bertz CT molecular complexity index is 250. The van der Waals surface area contributed by atoms with Gasteiger partial charge in [0.05, 0.1) is 6.61 Å². The Balaban J connectivity index is 3.13. The number of hydrogen-bond donors (Lipinski definition) is 1. The summed E-state index contributed by atoms with van der Waals surface area (Å²) in [5, 5.41) is 8.73. The zero-order valence-corrected chi connectivity index (χ0v) is 6.61. The van der Waals surface area contributed by atoms with Crippen LogP contribution in [-0.4, -0.2) is 5.11 Å². The highest BCUT2D eigenvalue weighted by atomic mass is 35.5. The summed E-state index contributed by atoms with van der Waals surface area (Å²) in [4.78, 5) is 0. The summed E-state index contributed by atoms with van der Waals surface area (Å²) in [6.07, 6.45) is 0. The van der Waals surface area contributed by atoms with Gasteiger partial charge < -0.3 is 5.11 Å². The molecule has 0 aliphatic rings. The van der Waals surface area contributed by atoms with Gasteiger partial charge in [0.2, 0.25) is 0 Å². The first-order valence-electron chi connectivity index (χ1n) is 3.22. The van der Waals surface area contributed by atoms with E-state index in [2.05, 4.69) is 0 Å². The predicted octanol–water partition coefficient (Wildman–Crippen LogP) is 2.06. The van der Waals surface area contributed by atoms with E-state index in [1.165, 1.54) is 6.07 Å². The van der Waals surface area contributed by atoms with Crippen molar-refractivity contribution in [3.8, 4) is 0 Å². The fourth-order valence-corrected chi connectivity index (χ4v) is 1.16. The lowest BCUT2D eigenvalue weighted by Gasteiger charge is -2.03. The molecular weight excluding hydrogens is 167 g/mol. The molecule has 0 unspecified atom stereocenters. The second-order valence-corrected chi connectivity index (χ2v) is 2.44. The van der Waals surface area contributed by atoms with Gasteiger partial charge in [0.1, 0.15) is 5.82 Å². The molecule has 0 aliphatic heterocycles. The van der Waals surface area contributed by atoms with Gasteiger partial charge in [-0.15, -0.1) is 11.6 Å². The molecule has 0 fully saturated rings. The minimum Gasteiger partial charge on any atom is -0.392 e. The lowest BCUT2D eigenvalue weighted by atomic mass is 10.1. The molecule has 0 saturated carbocycles. The van der Waals surface area contributed by atoms with Crippen LogP contribution in [0.2, 0.25) is 0 Å². The van der Waals surface area contributed by atoms with Crippen LogP contribution in [0, 0.1) is 5.82 Å². The van der Waals surface area contributed by atoms with Crippen molar-refractivity contribution >= 4 is 11.6 Å². The van der Waals surface area contributed by atoms with Gasteiger partial charge in [-0.1, -0.05) is 12.1 Å². The monoisotopic (exact) mass is 174 g/mol. The summed E-state index contributed by atoms with van der Waals surface area (Å²) in [6.45, 7) is -0.297. The highest BCUT2D eigenvalue weighted by Gasteiger charge is 2.04. The number of halogens is 2. The molecule has 1 nitrogen and oxygen atoms in total. The van der Waals surface area contributed by atoms with Crippen LogP contribution in [0.4, 0.5) is 4.39 Å². The van der Waals surface area contributed by atoms with Crippen LogP contribution in [0.5, 0.6) is 0 Å². The van der Waals surface area contributed by atoms with Crippen LogP contribution in [0.25, 0.3) is 0 Å². The second kappa shape index (κ2) is 3.69. The molecule has 0 bridgehead atoms. The SMILES string of the molecule is OCc1c(F)cccc1CCl. The van der Waals surface area contributed by atoms with Crippen molar-refractivity contribution in [3.63, 3.8) is 0 Å². The maximum Gasteiger partial charge on any atom is 0.129 e. The summed E-state index contributed by atoms with van der Waals surface area (Å²) in [5.74, 6) is -0.168.